The monoisotopic (exact) mass is 302 g/mol. The normalized spacial score (nSPS) is 13.8. The first-order valence-electron chi connectivity index (χ1n) is 5.81. The van der Waals surface area contributed by atoms with Crippen LogP contribution in [0.4, 0.5) is 5.69 Å². The summed E-state index contributed by atoms with van der Waals surface area (Å²) in [4.78, 5) is 2.07. The highest BCUT2D eigenvalue weighted by Crippen LogP contribution is 2.24. The molecule has 0 saturated heterocycles. The van der Waals surface area contributed by atoms with Gasteiger partial charge in [-0.3, -0.25) is 5.41 Å². The lowest BCUT2D eigenvalue weighted by molar-refractivity contribution is 0.917. The van der Waals surface area contributed by atoms with Crippen molar-refractivity contribution in [3.8, 4) is 0 Å². The van der Waals surface area contributed by atoms with Crippen molar-refractivity contribution in [3.63, 3.8) is 0 Å². The van der Waals surface area contributed by atoms with Crippen molar-refractivity contribution < 1.29 is 0 Å². The summed E-state index contributed by atoms with van der Waals surface area (Å²) in [6, 6.07) is 18.5. The number of halogens is 1. The molecule has 0 amide bonds. The second-order valence-electron chi connectivity index (χ2n) is 4.31. The predicted molar refractivity (Wildman–Crippen MR) is 80.8 cm³/mol. The fourth-order valence-corrected chi connectivity index (χ4v) is 2.28. The van der Waals surface area contributed by atoms with Crippen LogP contribution in [0.15, 0.2) is 54.6 Å². The molecule has 1 N–H and O–H groups in total. The minimum atomic E-state index is 0. The first-order chi connectivity index (χ1) is 8.34. The van der Waals surface area contributed by atoms with Gasteiger partial charge in [0, 0.05) is 18.7 Å². The lowest BCUT2D eigenvalue weighted by atomic mass is 9.98. The average Bonchev–Trinajstić information content (AvgIpc) is 2.39. The minimum absolute atomic E-state index is 0. The van der Waals surface area contributed by atoms with Gasteiger partial charge in [0.05, 0.1) is 0 Å². The van der Waals surface area contributed by atoms with Crippen LogP contribution in [0, 0.1) is 5.41 Å². The Morgan fingerprint density at radius 3 is 2.17 bits per heavy atom. The zero-order chi connectivity index (χ0) is 11.7. The van der Waals surface area contributed by atoms with Crippen LogP contribution in [0.5, 0.6) is 0 Å². The van der Waals surface area contributed by atoms with Crippen molar-refractivity contribution in [3.05, 3.63) is 65.7 Å². The molecule has 2 nitrogen and oxygen atoms in total. The first kappa shape index (κ1) is 12.8. The van der Waals surface area contributed by atoms with Crippen LogP contribution in [0.2, 0.25) is 0 Å². The van der Waals surface area contributed by atoms with Gasteiger partial charge in [0.15, 0.2) is 0 Å². The number of anilines is 1. The third-order valence-corrected chi connectivity index (χ3v) is 3.20. The molecule has 0 saturated carbocycles. The maximum Gasteiger partial charge on any atom is 0.105 e. The van der Waals surface area contributed by atoms with Gasteiger partial charge in [0.1, 0.15) is 5.84 Å². The van der Waals surface area contributed by atoms with E-state index in [2.05, 4.69) is 35.2 Å². The number of fused-ring (bicyclic) bond motifs is 1. The topological polar surface area (TPSA) is 27.1 Å². The van der Waals surface area contributed by atoms with E-state index in [0.717, 1.165) is 18.7 Å². The van der Waals surface area contributed by atoms with Crippen LogP contribution in [-0.2, 0) is 13.0 Å². The van der Waals surface area contributed by atoms with Gasteiger partial charge in [-0.25, -0.2) is 0 Å². The Morgan fingerprint density at radius 1 is 0.833 bits per heavy atom. The summed E-state index contributed by atoms with van der Waals surface area (Å²) in [6.07, 6.45) is 0.727. The molecule has 3 heteroatoms. The summed E-state index contributed by atoms with van der Waals surface area (Å²) in [7, 11) is 0. The van der Waals surface area contributed by atoms with Crippen LogP contribution in [0.3, 0.4) is 0 Å². The third kappa shape index (κ3) is 2.31. The smallest absolute Gasteiger partial charge is 0.105 e. The molecule has 1 heterocycles. The fourth-order valence-electron chi connectivity index (χ4n) is 2.28. The SMILES string of the molecule is Br.N=C1Cc2ccccc2CN1c1ccccc1. The van der Waals surface area contributed by atoms with E-state index in [0.29, 0.717) is 5.84 Å². The van der Waals surface area contributed by atoms with Gasteiger partial charge in [0.25, 0.3) is 0 Å². The number of hydrogen-bond donors (Lipinski definition) is 1. The molecular weight excluding hydrogens is 288 g/mol. The Balaban J connectivity index is 0.00000120. The first-order valence-corrected chi connectivity index (χ1v) is 5.81. The predicted octanol–water partition coefficient (Wildman–Crippen LogP) is 3.80. The standard InChI is InChI=1S/C15H14N2.BrH/c16-15-10-12-6-4-5-7-13(12)11-17(15)14-8-2-1-3-9-14;/h1-9,16H,10-11H2;1H. The van der Waals surface area contributed by atoms with Crippen LogP contribution in [0.1, 0.15) is 11.1 Å². The van der Waals surface area contributed by atoms with Crippen molar-refractivity contribution in [1.29, 1.82) is 5.41 Å². The van der Waals surface area contributed by atoms with Gasteiger partial charge in [-0.1, -0.05) is 42.5 Å². The molecule has 92 valence electrons. The molecular formula is C15H15BrN2. The lowest BCUT2D eigenvalue weighted by Crippen LogP contribution is -2.35. The van der Waals surface area contributed by atoms with Crippen molar-refractivity contribution in [2.24, 2.45) is 0 Å². The Morgan fingerprint density at radius 2 is 1.44 bits per heavy atom. The van der Waals surface area contributed by atoms with E-state index >= 15 is 0 Å². The number of para-hydroxylation sites is 1. The summed E-state index contributed by atoms with van der Waals surface area (Å²) in [6.45, 7) is 0.805. The van der Waals surface area contributed by atoms with Crippen LogP contribution in [0.25, 0.3) is 0 Å². The molecule has 0 aliphatic carbocycles. The van der Waals surface area contributed by atoms with Crippen LogP contribution >= 0.6 is 17.0 Å². The van der Waals surface area contributed by atoms with Crippen molar-refractivity contribution >= 4 is 28.5 Å². The number of nitrogens with one attached hydrogen (secondary N) is 1. The molecule has 0 radical (unpaired) electrons. The van der Waals surface area contributed by atoms with Gasteiger partial charge >= 0.3 is 0 Å². The molecule has 3 rings (SSSR count). The van der Waals surface area contributed by atoms with E-state index in [1.807, 2.05) is 24.3 Å². The minimum Gasteiger partial charge on any atom is -0.326 e. The van der Waals surface area contributed by atoms with E-state index in [9.17, 15) is 0 Å². The Labute approximate surface area is 118 Å². The van der Waals surface area contributed by atoms with Crippen LogP contribution in [-0.4, -0.2) is 5.84 Å². The summed E-state index contributed by atoms with van der Waals surface area (Å²) in [5.41, 5.74) is 3.71. The Kier molecular flexibility index (Phi) is 3.82. The summed E-state index contributed by atoms with van der Waals surface area (Å²) in [5, 5.41) is 8.14. The number of rotatable bonds is 1. The molecule has 0 unspecified atom stereocenters. The molecule has 18 heavy (non-hydrogen) atoms. The zero-order valence-corrected chi connectivity index (χ0v) is 11.7. The molecule has 0 spiro atoms. The Hall–Kier alpha value is -1.61. The molecule has 0 bridgehead atoms. The Bertz CT molecular complexity index is 551. The van der Waals surface area contributed by atoms with Gasteiger partial charge in [-0.2, -0.15) is 0 Å². The lowest BCUT2D eigenvalue weighted by Gasteiger charge is -2.31. The van der Waals surface area contributed by atoms with E-state index in [1.54, 1.807) is 0 Å². The molecule has 0 aromatic heterocycles. The number of hydrogen-bond acceptors (Lipinski definition) is 1. The second kappa shape index (κ2) is 5.36. The maximum atomic E-state index is 8.14. The molecule has 0 atom stereocenters. The quantitative estimate of drug-likeness (QED) is 0.852. The molecule has 2 aromatic rings. The summed E-state index contributed by atoms with van der Waals surface area (Å²) < 4.78 is 0. The summed E-state index contributed by atoms with van der Waals surface area (Å²) >= 11 is 0. The van der Waals surface area contributed by atoms with Gasteiger partial charge < -0.3 is 4.90 Å². The van der Waals surface area contributed by atoms with E-state index in [4.69, 9.17) is 5.41 Å². The van der Waals surface area contributed by atoms with Gasteiger partial charge in [-0.15, -0.1) is 17.0 Å². The van der Waals surface area contributed by atoms with Gasteiger partial charge in [-0.05, 0) is 23.3 Å². The number of benzene rings is 2. The molecule has 1 aliphatic heterocycles. The molecule has 0 fully saturated rings. The summed E-state index contributed by atoms with van der Waals surface area (Å²) in [5.74, 6) is 0.676. The number of amidine groups is 1. The number of nitrogens with zero attached hydrogens (tertiary/aromatic N) is 1. The van der Waals surface area contributed by atoms with E-state index in [1.165, 1.54) is 11.1 Å². The van der Waals surface area contributed by atoms with Crippen LogP contribution < -0.4 is 4.90 Å². The zero-order valence-electron chi connectivity index (χ0n) is 9.97. The van der Waals surface area contributed by atoms with Crippen molar-refractivity contribution in [1.82, 2.24) is 0 Å². The largest absolute Gasteiger partial charge is 0.326 e. The highest BCUT2D eigenvalue weighted by Gasteiger charge is 2.20. The van der Waals surface area contributed by atoms with Gasteiger partial charge in [0.2, 0.25) is 0 Å². The van der Waals surface area contributed by atoms with E-state index < -0.39 is 0 Å². The van der Waals surface area contributed by atoms with Crippen molar-refractivity contribution in [2.45, 2.75) is 13.0 Å². The third-order valence-electron chi connectivity index (χ3n) is 3.20. The molecule has 2 aromatic carbocycles. The van der Waals surface area contributed by atoms with E-state index in [-0.39, 0.29) is 17.0 Å². The molecule has 1 aliphatic rings. The van der Waals surface area contributed by atoms with Crippen molar-refractivity contribution in [2.75, 3.05) is 4.90 Å². The highest BCUT2D eigenvalue weighted by molar-refractivity contribution is 8.93. The second-order valence-corrected chi connectivity index (χ2v) is 4.31. The average molecular weight is 303 g/mol. The maximum absolute atomic E-state index is 8.14. The highest BCUT2D eigenvalue weighted by atomic mass is 79.9. The fraction of sp³-hybridized carbons (Fsp3) is 0.133.